The Hall–Kier alpha value is -1.42. The van der Waals surface area contributed by atoms with Gasteiger partial charge in [-0.2, -0.15) is 0 Å². The van der Waals surface area contributed by atoms with Gasteiger partial charge in [0.2, 0.25) is 5.75 Å². The monoisotopic (exact) mass is 225 g/mol. The van der Waals surface area contributed by atoms with Crippen molar-refractivity contribution in [3.05, 3.63) is 17.7 Å². The summed E-state index contributed by atoms with van der Waals surface area (Å²) in [5.74, 6) is 1.91. The molecule has 0 heterocycles. The lowest BCUT2D eigenvalue weighted by Gasteiger charge is -2.16. The molecule has 2 N–H and O–H groups in total. The molecule has 16 heavy (non-hydrogen) atoms. The van der Waals surface area contributed by atoms with Crippen LogP contribution in [-0.4, -0.2) is 20.8 Å². The SMILES string of the molecule is CCOc1cc(C(C)N)cc(OC)c1OC. The molecule has 0 saturated heterocycles. The van der Waals surface area contributed by atoms with E-state index < -0.39 is 0 Å². The molecule has 0 bridgehead atoms. The van der Waals surface area contributed by atoms with E-state index in [2.05, 4.69) is 0 Å². The van der Waals surface area contributed by atoms with E-state index in [1.54, 1.807) is 14.2 Å². The predicted octanol–water partition coefficient (Wildman–Crippen LogP) is 2.12. The number of nitrogens with two attached hydrogens (primary N) is 1. The van der Waals surface area contributed by atoms with Crippen LogP contribution in [0.2, 0.25) is 0 Å². The van der Waals surface area contributed by atoms with Gasteiger partial charge >= 0.3 is 0 Å². The van der Waals surface area contributed by atoms with Crippen molar-refractivity contribution in [3.8, 4) is 17.2 Å². The Kier molecular flexibility index (Phi) is 4.43. The molecule has 0 aliphatic rings. The van der Waals surface area contributed by atoms with Crippen molar-refractivity contribution in [2.24, 2.45) is 5.73 Å². The lowest BCUT2D eigenvalue weighted by atomic mass is 10.1. The first-order valence-corrected chi connectivity index (χ1v) is 5.28. The maximum Gasteiger partial charge on any atom is 0.203 e. The second-order valence-corrected chi connectivity index (χ2v) is 3.48. The van der Waals surface area contributed by atoms with Crippen molar-refractivity contribution >= 4 is 0 Å². The van der Waals surface area contributed by atoms with Gasteiger partial charge < -0.3 is 19.9 Å². The van der Waals surface area contributed by atoms with Crippen LogP contribution in [-0.2, 0) is 0 Å². The van der Waals surface area contributed by atoms with Gasteiger partial charge in [0.25, 0.3) is 0 Å². The van der Waals surface area contributed by atoms with Gasteiger partial charge in [-0.3, -0.25) is 0 Å². The van der Waals surface area contributed by atoms with Gasteiger partial charge in [-0.25, -0.2) is 0 Å². The zero-order valence-corrected chi connectivity index (χ0v) is 10.2. The average molecular weight is 225 g/mol. The quantitative estimate of drug-likeness (QED) is 0.834. The zero-order valence-electron chi connectivity index (χ0n) is 10.2. The summed E-state index contributed by atoms with van der Waals surface area (Å²) in [5.41, 5.74) is 6.80. The summed E-state index contributed by atoms with van der Waals surface area (Å²) < 4.78 is 16.0. The summed E-state index contributed by atoms with van der Waals surface area (Å²) in [6.07, 6.45) is 0. The van der Waals surface area contributed by atoms with Crippen LogP contribution in [0.15, 0.2) is 12.1 Å². The molecule has 0 amide bonds. The molecular weight excluding hydrogens is 206 g/mol. The first kappa shape index (κ1) is 12.6. The Bertz CT molecular complexity index is 350. The zero-order chi connectivity index (χ0) is 12.1. The van der Waals surface area contributed by atoms with Crippen LogP contribution < -0.4 is 19.9 Å². The fourth-order valence-electron chi connectivity index (χ4n) is 1.48. The molecule has 0 saturated carbocycles. The number of methoxy groups -OCH3 is 2. The highest BCUT2D eigenvalue weighted by Crippen LogP contribution is 2.39. The molecule has 4 nitrogen and oxygen atoms in total. The Labute approximate surface area is 96.3 Å². The van der Waals surface area contributed by atoms with Crippen molar-refractivity contribution in [2.75, 3.05) is 20.8 Å². The van der Waals surface area contributed by atoms with Gasteiger partial charge in [-0.15, -0.1) is 0 Å². The van der Waals surface area contributed by atoms with E-state index in [-0.39, 0.29) is 6.04 Å². The normalized spacial score (nSPS) is 12.1. The van der Waals surface area contributed by atoms with Crippen molar-refractivity contribution in [1.82, 2.24) is 0 Å². The average Bonchev–Trinajstić information content (AvgIpc) is 2.28. The van der Waals surface area contributed by atoms with Crippen LogP contribution in [0.4, 0.5) is 0 Å². The summed E-state index contributed by atoms with van der Waals surface area (Å²) in [4.78, 5) is 0. The van der Waals surface area contributed by atoms with E-state index in [0.29, 0.717) is 23.9 Å². The van der Waals surface area contributed by atoms with E-state index in [1.807, 2.05) is 26.0 Å². The van der Waals surface area contributed by atoms with E-state index >= 15 is 0 Å². The molecule has 0 spiro atoms. The number of hydrogen-bond acceptors (Lipinski definition) is 4. The minimum Gasteiger partial charge on any atom is -0.493 e. The lowest BCUT2D eigenvalue weighted by molar-refractivity contribution is 0.296. The molecule has 0 radical (unpaired) electrons. The lowest BCUT2D eigenvalue weighted by Crippen LogP contribution is -2.07. The van der Waals surface area contributed by atoms with Gasteiger partial charge in [0, 0.05) is 6.04 Å². The molecule has 0 aliphatic carbocycles. The Morgan fingerprint density at radius 1 is 1.19 bits per heavy atom. The third kappa shape index (κ3) is 2.58. The highest BCUT2D eigenvalue weighted by atomic mass is 16.5. The molecule has 1 atom stereocenters. The second-order valence-electron chi connectivity index (χ2n) is 3.48. The van der Waals surface area contributed by atoms with E-state index in [0.717, 1.165) is 5.56 Å². The van der Waals surface area contributed by atoms with Crippen LogP contribution >= 0.6 is 0 Å². The topological polar surface area (TPSA) is 53.7 Å². The summed E-state index contributed by atoms with van der Waals surface area (Å²) in [6.45, 7) is 4.41. The number of hydrogen-bond donors (Lipinski definition) is 1. The Morgan fingerprint density at radius 2 is 1.81 bits per heavy atom. The molecule has 4 heteroatoms. The highest BCUT2D eigenvalue weighted by Gasteiger charge is 2.14. The summed E-state index contributed by atoms with van der Waals surface area (Å²) in [5, 5.41) is 0. The molecule has 1 aromatic rings. The first-order valence-electron chi connectivity index (χ1n) is 5.28. The number of ether oxygens (including phenoxy) is 3. The fourth-order valence-corrected chi connectivity index (χ4v) is 1.48. The van der Waals surface area contributed by atoms with Crippen LogP contribution in [0.3, 0.4) is 0 Å². The smallest absolute Gasteiger partial charge is 0.203 e. The standard InChI is InChI=1S/C12H19NO3/c1-5-16-11-7-9(8(2)13)6-10(14-3)12(11)15-4/h6-8H,5,13H2,1-4H3. The maximum atomic E-state index is 5.84. The highest BCUT2D eigenvalue weighted by molar-refractivity contribution is 5.54. The Balaban J connectivity index is 3.25. The van der Waals surface area contributed by atoms with Crippen molar-refractivity contribution in [1.29, 1.82) is 0 Å². The molecule has 0 aromatic heterocycles. The largest absolute Gasteiger partial charge is 0.493 e. The van der Waals surface area contributed by atoms with Crippen molar-refractivity contribution < 1.29 is 14.2 Å². The number of rotatable bonds is 5. The summed E-state index contributed by atoms with van der Waals surface area (Å²) in [7, 11) is 3.18. The first-order chi connectivity index (χ1) is 7.63. The van der Waals surface area contributed by atoms with Crippen LogP contribution in [0.1, 0.15) is 25.5 Å². The van der Waals surface area contributed by atoms with Gasteiger partial charge in [-0.1, -0.05) is 0 Å². The predicted molar refractivity (Wildman–Crippen MR) is 63.3 cm³/mol. The molecular formula is C12H19NO3. The fraction of sp³-hybridized carbons (Fsp3) is 0.500. The maximum absolute atomic E-state index is 5.84. The van der Waals surface area contributed by atoms with E-state index in [1.165, 1.54) is 0 Å². The van der Waals surface area contributed by atoms with E-state index in [4.69, 9.17) is 19.9 Å². The van der Waals surface area contributed by atoms with Gasteiger partial charge in [-0.05, 0) is 31.5 Å². The van der Waals surface area contributed by atoms with Crippen molar-refractivity contribution in [2.45, 2.75) is 19.9 Å². The van der Waals surface area contributed by atoms with Gasteiger partial charge in [0.1, 0.15) is 0 Å². The molecule has 1 aromatic carbocycles. The Morgan fingerprint density at radius 3 is 2.25 bits per heavy atom. The molecule has 0 fully saturated rings. The van der Waals surface area contributed by atoms with Crippen LogP contribution in [0.25, 0.3) is 0 Å². The number of benzene rings is 1. The third-order valence-corrected chi connectivity index (χ3v) is 2.29. The van der Waals surface area contributed by atoms with Gasteiger partial charge in [0.15, 0.2) is 11.5 Å². The molecule has 90 valence electrons. The molecule has 1 unspecified atom stereocenters. The van der Waals surface area contributed by atoms with Crippen LogP contribution in [0.5, 0.6) is 17.2 Å². The minimum absolute atomic E-state index is 0.0704. The summed E-state index contributed by atoms with van der Waals surface area (Å²) >= 11 is 0. The molecule has 1 rings (SSSR count). The van der Waals surface area contributed by atoms with Crippen LogP contribution in [0, 0.1) is 0 Å². The van der Waals surface area contributed by atoms with E-state index in [9.17, 15) is 0 Å². The minimum atomic E-state index is -0.0704. The third-order valence-electron chi connectivity index (χ3n) is 2.29. The van der Waals surface area contributed by atoms with Crippen molar-refractivity contribution in [3.63, 3.8) is 0 Å². The second kappa shape index (κ2) is 5.61. The summed E-state index contributed by atoms with van der Waals surface area (Å²) in [6, 6.07) is 3.68. The molecule has 0 aliphatic heterocycles. The van der Waals surface area contributed by atoms with Gasteiger partial charge in [0.05, 0.1) is 20.8 Å².